The Bertz CT molecular complexity index is 491. The molecule has 6 heteroatoms. The van der Waals surface area contributed by atoms with E-state index in [1.54, 1.807) is 0 Å². The first-order valence-corrected chi connectivity index (χ1v) is 5.46. The minimum atomic E-state index is -1.17. The molecular weight excluding hydrogens is 241 g/mol. The molecule has 1 unspecified atom stereocenters. The quantitative estimate of drug-likeness (QED) is 0.804. The van der Waals surface area contributed by atoms with Crippen molar-refractivity contribution < 1.29 is 24.2 Å². The molecule has 0 spiro atoms. The van der Waals surface area contributed by atoms with Crippen LogP contribution in [0, 0.1) is 5.82 Å². The maximum absolute atomic E-state index is 13.0. The lowest BCUT2D eigenvalue weighted by atomic mass is 10.1. The van der Waals surface area contributed by atoms with Crippen molar-refractivity contribution in [2.24, 2.45) is 0 Å². The van der Waals surface area contributed by atoms with Crippen LogP contribution in [0.4, 0.5) is 4.39 Å². The molecule has 1 aromatic carbocycles. The largest absolute Gasteiger partial charge is 0.480 e. The van der Waals surface area contributed by atoms with Crippen LogP contribution >= 0.6 is 0 Å². The Hall–Kier alpha value is -1.95. The number of carboxylic acids is 1. The van der Waals surface area contributed by atoms with Gasteiger partial charge < -0.3 is 15.1 Å². The number of aliphatic carboxylic acids is 1. The fourth-order valence-corrected chi connectivity index (χ4v) is 2.06. The van der Waals surface area contributed by atoms with E-state index in [1.807, 2.05) is 0 Å². The van der Waals surface area contributed by atoms with E-state index in [1.165, 1.54) is 18.2 Å². The summed E-state index contributed by atoms with van der Waals surface area (Å²) in [5.74, 6) is -2.32. The summed E-state index contributed by atoms with van der Waals surface area (Å²) in [6.07, 6.45) is -0.861. The van der Waals surface area contributed by atoms with Crippen molar-refractivity contribution in [2.75, 3.05) is 6.54 Å². The van der Waals surface area contributed by atoms with Crippen LogP contribution in [0.25, 0.3) is 0 Å². The van der Waals surface area contributed by atoms with Crippen LogP contribution in [-0.4, -0.2) is 45.7 Å². The molecule has 1 saturated heterocycles. The summed E-state index contributed by atoms with van der Waals surface area (Å²) in [7, 11) is 0. The van der Waals surface area contributed by atoms with E-state index in [0.29, 0.717) is 0 Å². The van der Waals surface area contributed by atoms with Crippen molar-refractivity contribution in [3.8, 4) is 0 Å². The first-order valence-electron chi connectivity index (χ1n) is 5.46. The first-order chi connectivity index (χ1) is 8.49. The summed E-state index contributed by atoms with van der Waals surface area (Å²) < 4.78 is 13.0. The number of likely N-dealkylation sites (tertiary alicyclic amines) is 1. The number of β-amino-alcohol motifs (C(OH)–C–C–N with tert-alkyl or cyclic N) is 1. The number of halogens is 1. The molecule has 2 atom stereocenters. The maximum atomic E-state index is 13.0. The summed E-state index contributed by atoms with van der Waals surface area (Å²) in [5, 5.41) is 18.4. The highest BCUT2D eigenvalue weighted by atomic mass is 19.1. The van der Waals surface area contributed by atoms with Crippen molar-refractivity contribution in [1.82, 2.24) is 4.90 Å². The third-order valence-electron chi connectivity index (χ3n) is 2.90. The van der Waals surface area contributed by atoms with E-state index in [9.17, 15) is 19.1 Å². The predicted octanol–water partition coefficient (Wildman–Crippen LogP) is 0.486. The summed E-state index contributed by atoms with van der Waals surface area (Å²) in [4.78, 5) is 24.1. The molecule has 1 aromatic rings. The third kappa shape index (κ3) is 2.33. The second kappa shape index (κ2) is 4.73. The number of amides is 1. The van der Waals surface area contributed by atoms with Gasteiger partial charge in [0, 0.05) is 18.5 Å². The van der Waals surface area contributed by atoms with E-state index < -0.39 is 29.8 Å². The van der Waals surface area contributed by atoms with Crippen molar-refractivity contribution in [1.29, 1.82) is 0 Å². The summed E-state index contributed by atoms with van der Waals surface area (Å²) in [6, 6.07) is 3.98. The van der Waals surface area contributed by atoms with E-state index in [4.69, 9.17) is 5.11 Å². The van der Waals surface area contributed by atoms with E-state index >= 15 is 0 Å². The Kier molecular flexibility index (Phi) is 3.29. The van der Waals surface area contributed by atoms with Gasteiger partial charge >= 0.3 is 5.97 Å². The number of benzene rings is 1. The topological polar surface area (TPSA) is 77.8 Å². The number of hydrogen-bond donors (Lipinski definition) is 2. The van der Waals surface area contributed by atoms with E-state index in [0.717, 1.165) is 11.0 Å². The number of nitrogens with zero attached hydrogens (tertiary/aromatic N) is 1. The summed E-state index contributed by atoms with van der Waals surface area (Å²) in [6.45, 7) is -0.0493. The number of carbonyl (C=O) groups excluding carboxylic acids is 1. The molecule has 96 valence electrons. The lowest BCUT2D eigenvalue weighted by molar-refractivity contribution is -0.141. The van der Waals surface area contributed by atoms with Gasteiger partial charge in [-0.1, -0.05) is 6.07 Å². The van der Waals surface area contributed by atoms with Crippen molar-refractivity contribution in [3.05, 3.63) is 35.6 Å². The SMILES string of the molecule is O=C(O)[C@@H]1CC(O)CN1C(=O)c1cccc(F)c1. The second-order valence-electron chi connectivity index (χ2n) is 4.21. The lowest BCUT2D eigenvalue weighted by Gasteiger charge is -2.21. The van der Waals surface area contributed by atoms with Gasteiger partial charge in [-0.15, -0.1) is 0 Å². The number of aliphatic hydroxyl groups excluding tert-OH is 1. The van der Waals surface area contributed by atoms with Gasteiger partial charge in [-0.3, -0.25) is 4.79 Å². The molecule has 1 amide bonds. The Labute approximate surface area is 102 Å². The van der Waals surface area contributed by atoms with Crippen LogP contribution in [0.5, 0.6) is 0 Å². The van der Waals surface area contributed by atoms with Crippen LogP contribution in [0.3, 0.4) is 0 Å². The standard InChI is InChI=1S/C12H12FNO4/c13-8-3-1-2-7(4-8)11(16)14-6-9(15)5-10(14)12(17)18/h1-4,9-10,15H,5-6H2,(H,17,18)/t9?,10-/m0/s1. The molecule has 0 radical (unpaired) electrons. The zero-order chi connectivity index (χ0) is 13.3. The molecule has 1 aliphatic heterocycles. The highest BCUT2D eigenvalue weighted by molar-refractivity contribution is 5.97. The molecule has 0 bridgehead atoms. The third-order valence-corrected chi connectivity index (χ3v) is 2.90. The monoisotopic (exact) mass is 253 g/mol. The Morgan fingerprint density at radius 3 is 2.72 bits per heavy atom. The first kappa shape index (κ1) is 12.5. The van der Waals surface area contributed by atoms with Gasteiger partial charge in [0.1, 0.15) is 11.9 Å². The van der Waals surface area contributed by atoms with Crippen LogP contribution in [0.2, 0.25) is 0 Å². The van der Waals surface area contributed by atoms with Crippen LogP contribution in [0.15, 0.2) is 24.3 Å². The van der Waals surface area contributed by atoms with Gasteiger partial charge in [0.05, 0.1) is 6.10 Å². The Morgan fingerprint density at radius 1 is 1.39 bits per heavy atom. The fourth-order valence-electron chi connectivity index (χ4n) is 2.06. The number of carbonyl (C=O) groups is 2. The van der Waals surface area contributed by atoms with Gasteiger partial charge in [0.15, 0.2) is 0 Å². The van der Waals surface area contributed by atoms with Crippen molar-refractivity contribution >= 4 is 11.9 Å². The molecule has 1 heterocycles. The summed E-state index contributed by atoms with van der Waals surface area (Å²) in [5.41, 5.74) is 0.0790. The number of aliphatic hydroxyl groups is 1. The fraction of sp³-hybridized carbons (Fsp3) is 0.333. The molecule has 2 rings (SSSR count). The zero-order valence-electron chi connectivity index (χ0n) is 9.41. The molecule has 18 heavy (non-hydrogen) atoms. The van der Waals surface area contributed by atoms with Crippen LogP contribution in [0.1, 0.15) is 16.8 Å². The van der Waals surface area contributed by atoms with Crippen molar-refractivity contribution in [2.45, 2.75) is 18.6 Å². The van der Waals surface area contributed by atoms with Crippen LogP contribution in [-0.2, 0) is 4.79 Å². The van der Waals surface area contributed by atoms with E-state index in [-0.39, 0.29) is 18.5 Å². The summed E-state index contributed by atoms with van der Waals surface area (Å²) >= 11 is 0. The van der Waals surface area contributed by atoms with Gasteiger partial charge in [0.2, 0.25) is 0 Å². The van der Waals surface area contributed by atoms with Crippen LogP contribution < -0.4 is 0 Å². The average Bonchev–Trinajstić information content (AvgIpc) is 2.70. The molecule has 1 fully saturated rings. The van der Waals surface area contributed by atoms with Gasteiger partial charge in [0.25, 0.3) is 5.91 Å². The number of hydrogen-bond acceptors (Lipinski definition) is 3. The average molecular weight is 253 g/mol. The number of rotatable bonds is 2. The zero-order valence-corrected chi connectivity index (χ0v) is 9.41. The second-order valence-corrected chi connectivity index (χ2v) is 4.21. The molecule has 1 aliphatic rings. The smallest absolute Gasteiger partial charge is 0.326 e. The lowest BCUT2D eigenvalue weighted by Crippen LogP contribution is -2.40. The van der Waals surface area contributed by atoms with Gasteiger partial charge in [-0.25, -0.2) is 9.18 Å². The number of carboxylic acid groups (broad SMARTS) is 1. The molecule has 0 aliphatic carbocycles. The maximum Gasteiger partial charge on any atom is 0.326 e. The molecule has 5 nitrogen and oxygen atoms in total. The normalized spacial score (nSPS) is 23.1. The Balaban J connectivity index is 2.25. The van der Waals surface area contributed by atoms with E-state index in [2.05, 4.69) is 0 Å². The molecule has 0 saturated carbocycles. The molecular formula is C12H12FNO4. The van der Waals surface area contributed by atoms with Gasteiger partial charge in [-0.2, -0.15) is 0 Å². The predicted molar refractivity (Wildman–Crippen MR) is 59.5 cm³/mol. The minimum absolute atomic E-state index is 0.00358. The highest BCUT2D eigenvalue weighted by Gasteiger charge is 2.39. The molecule has 2 N–H and O–H groups in total. The Morgan fingerprint density at radius 2 is 2.11 bits per heavy atom. The minimum Gasteiger partial charge on any atom is -0.480 e. The highest BCUT2D eigenvalue weighted by Crippen LogP contribution is 2.21. The van der Waals surface area contributed by atoms with Crippen molar-refractivity contribution in [3.63, 3.8) is 0 Å². The molecule has 0 aromatic heterocycles. The van der Waals surface area contributed by atoms with Gasteiger partial charge in [-0.05, 0) is 18.2 Å².